The standard InChI is InChI=1S/C13H17O4.3C4H9.Sn/c1-6-8-10(3)13(9-7-2,11(14)16-4)12(15)17-5;3*1-3-4-2;/h2,6,8,10H,1,9H2,3-5H3;3*1,3-4H2,2H3;/b8-6+;;;;. The number of ether oxygens (including phenoxy) is 2. The number of unbranched alkanes of at least 4 members (excludes halogenated alkanes) is 3. The molecular formula is C25H44O4Sn. The molecule has 0 aromatic carbocycles. The average molecular weight is 527 g/mol. The SMILES string of the molecule is C#CCC(C(=O)OC)(C(=O)OC)C(C)/C=C/[CH2][Sn]([CH2]CCC)([CH2]CCC)[CH2]CCC. The summed E-state index contributed by atoms with van der Waals surface area (Å²) >= 11 is -2.31. The zero-order valence-electron chi connectivity index (χ0n) is 20.2. The van der Waals surface area contributed by atoms with Crippen LogP contribution >= 0.6 is 0 Å². The topological polar surface area (TPSA) is 52.6 Å². The Kier molecular flexibility index (Phi) is 15.3. The van der Waals surface area contributed by atoms with Gasteiger partial charge in [0.25, 0.3) is 0 Å². The van der Waals surface area contributed by atoms with Crippen LogP contribution in [0.25, 0.3) is 0 Å². The van der Waals surface area contributed by atoms with Crippen LogP contribution in [0.3, 0.4) is 0 Å². The van der Waals surface area contributed by atoms with E-state index >= 15 is 0 Å². The summed E-state index contributed by atoms with van der Waals surface area (Å²) in [6.45, 7) is 8.68. The third-order valence-electron chi connectivity index (χ3n) is 6.42. The van der Waals surface area contributed by atoms with Crippen LogP contribution in [-0.2, 0) is 19.1 Å². The molecule has 4 nitrogen and oxygen atoms in total. The molecule has 0 amide bonds. The molecule has 0 spiro atoms. The summed E-state index contributed by atoms with van der Waals surface area (Å²) in [7, 11) is 2.57. The quantitative estimate of drug-likeness (QED) is 0.0769. The molecule has 0 radical (unpaired) electrons. The molecule has 0 rings (SSSR count). The number of carbonyl (C=O) groups excluding carboxylic acids is 2. The van der Waals surface area contributed by atoms with Gasteiger partial charge in [0.05, 0.1) is 0 Å². The van der Waals surface area contributed by atoms with E-state index in [-0.39, 0.29) is 12.3 Å². The van der Waals surface area contributed by atoms with Crippen LogP contribution in [0.1, 0.15) is 72.6 Å². The van der Waals surface area contributed by atoms with Crippen molar-refractivity contribution in [3.8, 4) is 12.3 Å². The third-order valence-corrected chi connectivity index (χ3v) is 21.7. The molecule has 0 fully saturated rings. The van der Waals surface area contributed by atoms with E-state index in [4.69, 9.17) is 15.9 Å². The van der Waals surface area contributed by atoms with E-state index in [2.05, 4.69) is 32.8 Å². The van der Waals surface area contributed by atoms with Crippen LogP contribution in [0, 0.1) is 23.7 Å². The first-order chi connectivity index (χ1) is 14.3. The zero-order chi connectivity index (χ0) is 23.0. The summed E-state index contributed by atoms with van der Waals surface area (Å²) in [4.78, 5) is 25.2. The van der Waals surface area contributed by atoms with E-state index < -0.39 is 35.7 Å². The average Bonchev–Trinajstić information content (AvgIpc) is 2.76. The number of hydrogen-bond acceptors (Lipinski definition) is 4. The molecule has 0 aromatic rings. The number of hydrogen-bond donors (Lipinski definition) is 0. The fourth-order valence-electron chi connectivity index (χ4n) is 4.31. The monoisotopic (exact) mass is 528 g/mol. The van der Waals surface area contributed by atoms with Crippen molar-refractivity contribution in [1.29, 1.82) is 0 Å². The van der Waals surface area contributed by atoms with Crippen LogP contribution in [-0.4, -0.2) is 44.5 Å². The second kappa shape index (κ2) is 15.8. The number of methoxy groups -OCH3 is 2. The number of rotatable bonds is 16. The van der Waals surface area contributed by atoms with Gasteiger partial charge in [-0.3, -0.25) is 0 Å². The Bertz CT molecular complexity index is 538. The van der Waals surface area contributed by atoms with E-state index in [0.29, 0.717) is 0 Å². The van der Waals surface area contributed by atoms with E-state index in [9.17, 15) is 9.59 Å². The summed E-state index contributed by atoms with van der Waals surface area (Å²) in [5, 5.41) is 0. The van der Waals surface area contributed by atoms with Gasteiger partial charge in [0.15, 0.2) is 0 Å². The van der Waals surface area contributed by atoms with E-state index in [0.717, 1.165) is 4.44 Å². The van der Waals surface area contributed by atoms with Gasteiger partial charge in [-0.2, -0.15) is 0 Å². The summed E-state index contributed by atoms with van der Waals surface area (Å²) in [5.74, 6) is 0.854. The van der Waals surface area contributed by atoms with Crippen molar-refractivity contribution in [2.75, 3.05) is 14.2 Å². The predicted octanol–water partition coefficient (Wildman–Crippen LogP) is 6.38. The van der Waals surface area contributed by atoms with E-state index in [1.807, 2.05) is 13.0 Å². The summed E-state index contributed by atoms with van der Waals surface area (Å²) < 4.78 is 15.4. The van der Waals surface area contributed by atoms with E-state index in [1.165, 1.54) is 66.1 Å². The Morgan fingerprint density at radius 2 is 1.40 bits per heavy atom. The van der Waals surface area contributed by atoms with Crippen molar-refractivity contribution in [1.82, 2.24) is 0 Å². The molecule has 0 aliphatic carbocycles. The zero-order valence-corrected chi connectivity index (χ0v) is 23.1. The van der Waals surface area contributed by atoms with Crippen molar-refractivity contribution >= 4 is 30.3 Å². The van der Waals surface area contributed by atoms with Crippen LogP contribution in [0.15, 0.2) is 12.2 Å². The van der Waals surface area contributed by atoms with Crippen molar-refractivity contribution in [3.63, 3.8) is 0 Å². The van der Waals surface area contributed by atoms with Crippen molar-refractivity contribution in [2.45, 2.75) is 90.4 Å². The maximum atomic E-state index is 12.6. The Morgan fingerprint density at radius 3 is 1.73 bits per heavy atom. The molecule has 0 saturated carbocycles. The van der Waals surface area contributed by atoms with Gasteiger partial charge in [0.1, 0.15) is 0 Å². The molecule has 0 saturated heterocycles. The Balaban J connectivity index is 5.78. The molecule has 0 aromatic heterocycles. The van der Waals surface area contributed by atoms with Gasteiger partial charge in [-0.25, -0.2) is 0 Å². The second-order valence-corrected chi connectivity index (χ2v) is 22.6. The van der Waals surface area contributed by atoms with Crippen LogP contribution in [0.4, 0.5) is 0 Å². The van der Waals surface area contributed by atoms with Crippen molar-refractivity contribution < 1.29 is 19.1 Å². The Hall–Kier alpha value is -0.961. The van der Waals surface area contributed by atoms with Gasteiger partial charge in [-0.1, -0.05) is 0 Å². The maximum absolute atomic E-state index is 12.6. The molecule has 1 unspecified atom stereocenters. The molecule has 1 atom stereocenters. The Labute approximate surface area is 189 Å². The first-order valence-corrected chi connectivity index (χ1v) is 19.7. The number of terminal acetylenes is 1. The molecule has 172 valence electrons. The molecular weight excluding hydrogens is 483 g/mol. The Morgan fingerprint density at radius 1 is 0.967 bits per heavy atom. The molecule has 30 heavy (non-hydrogen) atoms. The van der Waals surface area contributed by atoms with Crippen LogP contribution in [0.2, 0.25) is 17.7 Å². The first-order valence-electron chi connectivity index (χ1n) is 11.6. The molecule has 0 N–H and O–H groups in total. The van der Waals surface area contributed by atoms with Gasteiger partial charge < -0.3 is 0 Å². The molecule has 0 aliphatic heterocycles. The molecule has 0 heterocycles. The minimum absolute atomic E-state index is 0.0339. The van der Waals surface area contributed by atoms with Crippen molar-refractivity contribution in [3.05, 3.63) is 12.2 Å². The molecule has 0 bridgehead atoms. The number of carbonyl (C=O) groups is 2. The van der Waals surface area contributed by atoms with E-state index in [1.54, 1.807) is 0 Å². The predicted molar refractivity (Wildman–Crippen MR) is 128 cm³/mol. The van der Waals surface area contributed by atoms with Gasteiger partial charge in [0, 0.05) is 0 Å². The molecule has 5 heteroatoms. The fraction of sp³-hybridized carbons (Fsp3) is 0.760. The van der Waals surface area contributed by atoms with Crippen molar-refractivity contribution in [2.24, 2.45) is 11.3 Å². The van der Waals surface area contributed by atoms with Gasteiger partial charge in [-0.15, -0.1) is 0 Å². The number of allylic oxidation sites excluding steroid dienone is 2. The molecule has 0 aliphatic rings. The normalized spacial score (nSPS) is 13.1. The van der Waals surface area contributed by atoms with Gasteiger partial charge in [-0.05, 0) is 0 Å². The van der Waals surface area contributed by atoms with Gasteiger partial charge in [0.2, 0.25) is 0 Å². The summed E-state index contributed by atoms with van der Waals surface area (Å²) in [6, 6.07) is 0. The fourth-order valence-corrected chi connectivity index (χ4v) is 19.5. The third kappa shape index (κ3) is 8.29. The summed E-state index contributed by atoms with van der Waals surface area (Å²) in [5.41, 5.74) is -1.48. The number of esters is 2. The minimum atomic E-state index is -2.31. The first kappa shape index (κ1) is 29.0. The summed E-state index contributed by atoms with van der Waals surface area (Å²) in [6.07, 6.45) is 17.4. The van der Waals surface area contributed by atoms with Crippen LogP contribution < -0.4 is 0 Å². The van der Waals surface area contributed by atoms with Gasteiger partial charge >= 0.3 is 190 Å². The second-order valence-electron chi connectivity index (χ2n) is 8.57. The van der Waals surface area contributed by atoms with Crippen LogP contribution in [0.5, 0.6) is 0 Å².